The van der Waals surface area contributed by atoms with Gasteiger partial charge in [-0.3, -0.25) is 0 Å². The lowest BCUT2D eigenvalue weighted by atomic mass is 9.78. The summed E-state index contributed by atoms with van der Waals surface area (Å²) in [5, 5.41) is 0. The highest BCUT2D eigenvalue weighted by molar-refractivity contribution is 6.01. The molecule has 332 valence electrons. The van der Waals surface area contributed by atoms with Crippen LogP contribution in [0.2, 0.25) is 0 Å². The fourth-order valence-electron chi connectivity index (χ4n) is 9.36. The third-order valence-corrected chi connectivity index (χ3v) is 13.2. The monoisotopic (exact) mass is 857 g/mol. The maximum Gasteiger partial charge on any atom is 0.0743 e. The summed E-state index contributed by atoms with van der Waals surface area (Å²) in [5.74, 6) is 0. The molecule has 0 radical (unpaired) electrons. The Hall–Kier alpha value is -6.26. The predicted octanol–water partition coefficient (Wildman–Crippen LogP) is 17.0. The Morgan fingerprint density at radius 3 is 1.35 bits per heavy atom. The van der Waals surface area contributed by atoms with Gasteiger partial charge in [0.25, 0.3) is 0 Å². The zero-order valence-electron chi connectivity index (χ0n) is 41.6. The van der Waals surface area contributed by atoms with Crippen LogP contribution in [0, 0.1) is 20.8 Å². The minimum atomic E-state index is -0.0757. The molecule has 6 aromatic rings. The van der Waals surface area contributed by atoms with Crippen molar-refractivity contribution in [3.8, 4) is 33.4 Å². The quantitative estimate of drug-likeness (QED) is 0.181. The average molecular weight is 857 g/mol. The molecule has 5 heterocycles. The molecule has 0 aliphatic carbocycles. The van der Waals surface area contributed by atoms with Gasteiger partial charge in [-0.2, -0.15) is 0 Å². The average Bonchev–Trinajstić information content (AvgIpc) is 4.03. The van der Waals surface area contributed by atoms with Crippen LogP contribution in [0.25, 0.3) is 85.3 Å². The minimum Gasteiger partial charge on any atom is -0.354 e. The molecule has 0 spiro atoms. The molecule has 2 N–H and O–H groups in total. The Morgan fingerprint density at radius 1 is 0.446 bits per heavy atom. The van der Waals surface area contributed by atoms with Crippen LogP contribution in [-0.4, -0.2) is 19.9 Å². The summed E-state index contributed by atoms with van der Waals surface area (Å²) < 4.78 is 0. The van der Waals surface area contributed by atoms with Crippen LogP contribution in [0.1, 0.15) is 150 Å². The molecule has 0 saturated carbocycles. The van der Waals surface area contributed by atoms with Gasteiger partial charge in [0.1, 0.15) is 0 Å². The van der Waals surface area contributed by atoms with Gasteiger partial charge in [-0.05, 0) is 141 Å². The smallest absolute Gasteiger partial charge is 0.0743 e. The SMILES string of the molecule is C=CC1=Cc2nc1cc1[nH]c(cc1C=C)c(-c1cc(C(C)(C)C)cc(C(C)(C)C)c1)c1nc(c(-c3c(C)cc(C)cc3C)c3ccc([nH]3)c2-c2cc(C(C)(C)C)cc(C(C)(C)C)c2)C=C1. The van der Waals surface area contributed by atoms with Crippen molar-refractivity contribution in [2.45, 2.75) is 126 Å². The molecule has 4 heteroatoms. The third kappa shape index (κ3) is 8.68. The summed E-state index contributed by atoms with van der Waals surface area (Å²) in [6, 6.07) is 27.6. The topological polar surface area (TPSA) is 57.4 Å². The Bertz CT molecular complexity index is 3090. The number of aromatic nitrogens is 4. The van der Waals surface area contributed by atoms with Crippen LogP contribution in [-0.2, 0) is 21.7 Å². The molecule has 0 unspecified atom stereocenters. The molecule has 2 aliphatic rings. The first-order chi connectivity index (χ1) is 30.3. The summed E-state index contributed by atoms with van der Waals surface area (Å²) in [7, 11) is 0. The highest BCUT2D eigenvalue weighted by atomic mass is 14.8. The Kier molecular flexibility index (Phi) is 11.2. The van der Waals surface area contributed by atoms with Gasteiger partial charge in [0, 0.05) is 44.3 Å². The van der Waals surface area contributed by atoms with Gasteiger partial charge >= 0.3 is 0 Å². The number of rotatable bonds is 5. The van der Waals surface area contributed by atoms with E-state index >= 15 is 0 Å². The van der Waals surface area contributed by atoms with Crippen molar-refractivity contribution >= 4 is 51.9 Å². The maximum atomic E-state index is 5.68. The predicted molar refractivity (Wildman–Crippen MR) is 283 cm³/mol. The first-order valence-corrected chi connectivity index (χ1v) is 23.2. The zero-order valence-corrected chi connectivity index (χ0v) is 41.6. The second kappa shape index (κ2) is 16.0. The number of aryl methyl sites for hydroxylation is 3. The molecular formula is C61H68N4. The highest BCUT2D eigenvalue weighted by Gasteiger charge is 2.26. The molecule has 4 nitrogen and oxygen atoms in total. The van der Waals surface area contributed by atoms with Crippen LogP contribution in [0.4, 0.5) is 0 Å². The summed E-state index contributed by atoms with van der Waals surface area (Å²) in [5.41, 5.74) is 24.4. The van der Waals surface area contributed by atoms with Gasteiger partial charge in [0.2, 0.25) is 0 Å². The van der Waals surface area contributed by atoms with Crippen molar-refractivity contribution in [3.63, 3.8) is 0 Å². The second-order valence-corrected chi connectivity index (χ2v) is 22.6. The van der Waals surface area contributed by atoms with Crippen molar-refractivity contribution in [2.24, 2.45) is 0 Å². The fourth-order valence-corrected chi connectivity index (χ4v) is 9.36. The van der Waals surface area contributed by atoms with Crippen molar-refractivity contribution in [3.05, 3.63) is 159 Å². The lowest BCUT2D eigenvalue weighted by Gasteiger charge is -2.26. The second-order valence-electron chi connectivity index (χ2n) is 22.6. The molecule has 0 fully saturated rings. The lowest BCUT2D eigenvalue weighted by molar-refractivity contribution is 0.568. The molecule has 8 rings (SSSR count). The van der Waals surface area contributed by atoms with Crippen molar-refractivity contribution < 1.29 is 0 Å². The summed E-state index contributed by atoms with van der Waals surface area (Å²) >= 11 is 0. The lowest BCUT2D eigenvalue weighted by Crippen LogP contribution is -2.16. The summed E-state index contributed by atoms with van der Waals surface area (Å²) in [6.45, 7) is 42.8. The molecule has 2 aliphatic heterocycles. The van der Waals surface area contributed by atoms with E-state index in [1.807, 2.05) is 12.2 Å². The number of fused-ring (bicyclic) bond motifs is 8. The molecular weight excluding hydrogens is 789 g/mol. The van der Waals surface area contributed by atoms with Gasteiger partial charge in [-0.25, -0.2) is 9.97 Å². The molecule has 65 heavy (non-hydrogen) atoms. The fraction of sp³-hybridized carbons (Fsp3) is 0.311. The van der Waals surface area contributed by atoms with E-state index in [2.05, 4.69) is 218 Å². The number of H-pyrrole nitrogens is 2. The largest absolute Gasteiger partial charge is 0.354 e. The van der Waals surface area contributed by atoms with E-state index in [1.165, 1.54) is 44.5 Å². The summed E-state index contributed by atoms with van der Waals surface area (Å²) in [4.78, 5) is 19.1. The number of allylic oxidation sites excluding steroid dienone is 2. The van der Waals surface area contributed by atoms with E-state index < -0.39 is 0 Å². The van der Waals surface area contributed by atoms with Crippen molar-refractivity contribution in [1.82, 2.24) is 19.9 Å². The molecule has 0 atom stereocenters. The first-order valence-electron chi connectivity index (χ1n) is 23.2. The molecule has 0 saturated heterocycles. The van der Waals surface area contributed by atoms with E-state index in [4.69, 9.17) is 9.97 Å². The number of hydrogen-bond donors (Lipinski definition) is 2. The van der Waals surface area contributed by atoms with Crippen molar-refractivity contribution in [1.29, 1.82) is 0 Å². The van der Waals surface area contributed by atoms with Gasteiger partial charge in [0.15, 0.2) is 0 Å². The van der Waals surface area contributed by atoms with Crippen LogP contribution < -0.4 is 0 Å². The number of benzene rings is 3. The van der Waals surface area contributed by atoms with Crippen molar-refractivity contribution in [2.75, 3.05) is 0 Å². The zero-order chi connectivity index (χ0) is 47.1. The molecule has 8 bridgehead atoms. The van der Waals surface area contributed by atoms with Gasteiger partial charge in [0.05, 0.1) is 22.8 Å². The maximum absolute atomic E-state index is 5.68. The molecule has 0 amide bonds. The van der Waals surface area contributed by atoms with Crippen LogP contribution in [0.3, 0.4) is 0 Å². The van der Waals surface area contributed by atoms with E-state index in [9.17, 15) is 0 Å². The van der Waals surface area contributed by atoms with Crippen LogP contribution >= 0.6 is 0 Å². The number of nitrogens with one attached hydrogen (secondary N) is 2. The number of hydrogen-bond acceptors (Lipinski definition) is 2. The third-order valence-electron chi connectivity index (χ3n) is 13.2. The molecule has 3 aromatic heterocycles. The number of aromatic amines is 2. The van der Waals surface area contributed by atoms with Crippen LogP contribution in [0.15, 0.2) is 92.0 Å². The molecule has 3 aromatic carbocycles. The van der Waals surface area contributed by atoms with E-state index in [1.54, 1.807) is 0 Å². The van der Waals surface area contributed by atoms with Crippen LogP contribution in [0.5, 0.6) is 0 Å². The van der Waals surface area contributed by atoms with Gasteiger partial charge in [-0.15, -0.1) is 0 Å². The standard InChI is InChI=1S/C61H68N4/c1-18-38-30-52-55(40-26-42(58(6,7)8)32-43(27-40)59(9,10)11)46-20-22-48(62-46)57(54-36(4)24-35(3)25-37(54)5)49-23-21-47(63-49)56(53-31-39(19-2)51(65-53)34-50(38)64-52)41-28-44(60(12,13)14)33-45(29-41)61(15,16)17/h18-34,62,65H,1-2H2,3-17H3. The van der Waals surface area contributed by atoms with Gasteiger partial charge < -0.3 is 9.97 Å². The first kappa shape index (κ1) is 45.3. The Morgan fingerprint density at radius 2 is 0.892 bits per heavy atom. The normalized spacial score (nSPS) is 13.3. The van der Waals surface area contributed by atoms with Gasteiger partial charge in [-0.1, -0.05) is 162 Å². The Balaban J connectivity index is 1.62. The van der Waals surface area contributed by atoms with E-state index in [0.717, 1.165) is 83.8 Å². The minimum absolute atomic E-state index is 0.0757. The highest BCUT2D eigenvalue weighted by Crippen LogP contribution is 2.43. The summed E-state index contributed by atoms with van der Waals surface area (Å²) in [6.07, 6.45) is 10.5. The van der Waals surface area contributed by atoms with E-state index in [0.29, 0.717) is 0 Å². The van der Waals surface area contributed by atoms with E-state index in [-0.39, 0.29) is 21.7 Å². The number of nitrogens with zero attached hydrogens (tertiary/aromatic N) is 2. The Labute approximate surface area is 388 Å².